The Hall–Kier alpha value is -0.343. The van der Waals surface area contributed by atoms with Crippen LogP contribution in [0.5, 0.6) is 0 Å². The van der Waals surface area contributed by atoms with E-state index in [1.165, 1.54) is 6.07 Å². The summed E-state index contributed by atoms with van der Waals surface area (Å²) in [6.07, 6.45) is 0. The first-order valence-corrected chi connectivity index (χ1v) is 5.09. The summed E-state index contributed by atoms with van der Waals surface area (Å²) in [4.78, 5) is 0. The molecular formula is C8H10ClFSi. The van der Waals surface area contributed by atoms with Crippen LogP contribution in [0, 0.1) is 5.82 Å². The molecule has 60 valence electrons. The Labute approximate surface area is 73.8 Å². The van der Waals surface area contributed by atoms with Gasteiger partial charge in [-0.1, -0.05) is 18.5 Å². The van der Waals surface area contributed by atoms with E-state index in [-0.39, 0.29) is 5.82 Å². The molecule has 1 atom stereocenters. The maximum atomic E-state index is 12.7. The predicted molar refractivity (Wildman–Crippen MR) is 49.8 cm³/mol. The molecule has 0 aliphatic heterocycles. The molecule has 0 nitrogen and oxygen atoms in total. The first kappa shape index (κ1) is 8.75. The molecule has 0 aromatic heterocycles. The summed E-state index contributed by atoms with van der Waals surface area (Å²) in [5.41, 5.74) is 1.46. The van der Waals surface area contributed by atoms with Crippen molar-refractivity contribution < 1.29 is 4.39 Å². The standard InChI is InChI=1S/C8H10ClFSi/c1-5(11)6-2-7(9)4-8(10)3-6/h2-5H,1,11H3. The summed E-state index contributed by atoms with van der Waals surface area (Å²) in [5, 5.41) is 0.489. The molecule has 3 heteroatoms. The van der Waals surface area contributed by atoms with Gasteiger partial charge in [-0.15, -0.1) is 0 Å². The third-order valence-electron chi connectivity index (χ3n) is 1.55. The summed E-state index contributed by atoms with van der Waals surface area (Å²) >= 11 is 5.67. The van der Waals surface area contributed by atoms with Crippen molar-refractivity contribution in [1.29, 1.82) is 0 Å². The van der Waals surface area contributed by atoms with Crippen LogP contribution in [-0.4, -0.2) is 10.2 Å². The van der Waals surface area contributed by atoms with Crippen molar-refractivity contribution in [3.05, 3.63) is 34.6 Å². The highest BCUT2D eigenvalue weighted by atomic mass is 35.5. The van der Waals surface area contributed by atoms with E-state index in [4.69, 9.17) is 11.6 Å². The van der Waals surface area contributed by atoms with Gasteiger partial charge in [0.25, 0.3) is 0 Å². The first-order chi connectivity index (χ1) is 5.09. The van der Waals surface area contributed by atoms with E-state index in [1.807, 2.05) is 6.07 Å². The summed E-state index contributed by atoms with van der Waals surface area (Å²) < 4.78 is 12.7. The van der Waals surface area contributed by atoms with E-state index in [1.54, 1.807) is 6.07 Å². The maximum absolute atomic E-state index is 12.7. The van der Waals surface area contributed by atoms with Gasteiger partial charge in [-0.3, -0.25) is 0 Å². The van der Waals surface area contributed by atoms with Crippen LogP contribution >= 0.6 is 11.6 Å². The highest BCUT2D eigenvalue weighted by Gasteiger charge is 2.02. The van der Waals surface area contributed by atoms with Gasteiger partial charge in [0.15, 0.2) is 0 Å². The molecule has 0 amide bonds. The summed E-state index contributed by atoms with van der Waals surface area (Å²) in [5.74, 6) is -0.241. The third kappa shape index (κ3) is 2.31. The molecule has 0 aliphatic carbocycles. The van der Waals surface area contributed by atoms with Crippen molar-refractivity contribution >= 4 is 21.8 Å². The van der Waals surface area contributed by atoms with Gasteiger partial charge in [0.1, 0.15) is 5.82 Å². The van der Waals surface area contributed by atoms with Crippen LogP contribution in [0.3, 0.4) is 0 Å². The Kier molecular flexibility index (Phi) is 2.68. The fourth-order valence-corrected chi connectivity index (χ4v) is 1.47. The minimum Gasteiger partial charge on any atom is -0.207 e. The molecule has 0 N–H and O–H groups in total. The Morgan fingerprint density at radius 3 is 2.55 bits per heavy atom. The molecule has 1 rings (SSSR count). The minimum atomic E-state index is -0.241. The molecule has 1 unspecified atom stereocenters. The van der Waals surface area contributed by atoms with Crippen LogP contribution in [0.2, 0.25) is 5.02 Å². The highest BCUT2D eigenvalue weighted by Crippen LogP contribution is 2.18. The minimum absolute atomic E-state index is 0.241. The van der Waals surface area contributed by atoms with Crippen molar-refractivity contribution in [2.45, 2.75) is 12.5 Å². The zero-order valence-corrected chi connectivity index (χ0v) is 9.32. The van der Waals surface area contributed by atoms with Gasteiger partial charge in [-0.2, -0.15) is 0 Å². The van der Waals surface area contributed by atoms with Crippen molar-refractivity contribution in [1.82, 2.24) is 0 Å². The van der Waals surface area contributed by atoms with Crippen LogP contribution in [0.4, 0.5) is 4.39 Å². The van der Waals surface area contributed by atoms with Crippen LogP contribution in [-0.2, 0) is 0 Å². The molecule has 0 saturated heterocycles. The lowest BCUT2D eigenvalue weighted by atomic mass is 10.1. The van der Waals surface area contributed by atoms with E-state index < -0.39 is 0 Å². The molecule has 0 bridgehead atoms. The second-order valence-electron chi connectivity index (χ2n) is 2.86. The average molecular weight is 189 g/mol. The fraction of sp³-hybridized carbons (Fsp3) is 0.250. The van der Waals surface area contributed by atoms with Crippen LogP contribution in [0.1, 0.15) is 18.0 Å². The van der Waals surface area contributed by atoms with Crippen molar-refractivity contribution in [3.8, 4) is 0 Å². The van der Waals surface area contributed by atoms with Crippen LogP contribution in [0.25, 0.3) is 0 Å². The normalized spacial score (nSPS) is 13.4. The molecule has 0 fully saturated rings. The van der Waals surface area contributed by atoms with Crippen LogP contribution < -0.4 is 0 Å². The van der Waals surface area contributed by atoms with E-state index in [9.17, 15) is 4.39 Å². The molecule has 0 spiro atoms. The summed E-state index contributed by atoms with van der Waals surface area (Å²) in [6.45, 7) is 2.07. The third-order valence-corrected chi connectivity index (χ3v) is 2.44. The zero-order valence-electron chi connectivity index (χ0n) is 6.57. The SMILES string of the molecule is CC([SiH3])c1cc(F)cc(Cl)c1. The predicted octanol–water partition coefficient (Wildman–Crippen LogP) is 1.91. The fourth-order valence-electron chi connectivity index (χ4n) is 0.908. The van der Waals surface area contributed by atoms with Crippen LogP contribution in [0.15, 0.2) is 18.2 Å². The quantitative estimate of drug-likeness (QED) is 0.591. The molecular weight excluding hydrogens is 179 g/mol. The Morgan fingerprint density at radius 2 is 2.09 bits per heavy atom. The highest BCUT2D eigenvalue weighted by molar-refractivity contribution is 6.30. The van der Waals surface area contributed by atoms with Gasteiger partial charge in [0.05, 0.1) is 0 Å². The molecule has 0 heterocycles. The molecule has 11 heavy (non-hydrogen) atoms. The largest absolute Gasteiger partial charge is 0.207 e. The number of rotatable bonds is 1. The topological polar surface area (TPSA) is 0 Å². The van der Waals surface area contributed by atoms with Gasteiger partial charge >= 0.3 is 0 Å². The molecule has 1 aromatic rings. The zero-order chi connectivity index (χ0) is 8.43. The monoisotopic (exact) mass is 188 g/mol. The lowest BCUT2D eigenvalue weighted by Crippen LogP contribution is -1.92. The number of hydrogen-bond donors (Lipinski definition) is 0. The molecule has 0 saturated carbocycles. The van der Waals surface area contributed by atoms with E-state index in [0.29, 0.717) is 10.6 Å². The molecule has 0 aliphatic rings. The Bertz CT molecular complexity index is 240. The second-order valence-corrected chi connectivity index (χ2v) is 5.03. The Balaban J connectivity index is 3.08. The van der Waals surface area contributed by atoms with Gasteiger partial charge in [0, 0.05) is 15.3 Å². The van der Waals surface area contributed by atoms with Gasteiger partial charge in [0.2, 0.25) is 0 Å². The average Bonchev–Trinajstić information content (AvgIpc) is 1.85. The number of benzene rings is 1. The van der Waals surface area contributed by atoms with E-state index in [0.717, 1.165) is 15.8 Å². The molecule has 0 radical (unpaired) electrons. The smallest absolute Gasteiger partial charge is 0.124 e. The number of halogens is 2. The van der Waals surface area contributed by atoms with Gasteiger partial charge < -0.3 is 0 Å². The van der Waals surface area contributed by atoms with E-state index in [2.05, 4.69) is 6.92 Å². The lowest BCUT2D eigenvalue weighted by molar-refractivity contribution is 0.625. The van der Waals surface area contributed by atoms with Gasteiger partial charge in [-0.25, -0.2) is 4.39 Å². The second kappa shape index (κ2) is 3.37. The Morgan fingerprint density at radius 1 is 1.45 bits per heavy atom. The van der Waals surface area contributed by atoms with Crippen molar-refractivity contribution in [2.75, 3.05) is 0 Å². The van der Waals surface area contributed by atoms with Gasteiger partial charge in [-0.05, 0) is 29.3 Å². The van der Waals surface area contributed by atoms with Crippen molar-refractivity contribution in [3.63, 3.8) is 0 Å². The first-order valence-electron chi connectivity index (χ1n) is 3.55. The summed E-state index contributed by atoms with van der Waals surface area (Å²) in [7, 11) is 1.03. The van der Waals surface area contributed by atoms with Crippen molar-refractivity contribution in [2.24, 2.45) is 0 Å². The maximum Gasteiger partial charge on any atom is 0.124 e. The summed E-state index contributed by atoms with van der Waals surface area (Å²) in [6, 6.07) is 4.70. The lowest BCUT2D eigenvalue weighted by Gasteiger charge is -2.04. The number of hydrogen-bond acceptors (Lipinski definition) is 0. The molecule has 1 aromatic carbocycles. The van der Waals surface area contributed by atoms with E-state index >= 15 is 0 Å².